The summed E-state index contributed by atoms with van der Waals surface area (Å²) in [7, 11) is -1.76. The SMILES string of the molecule is CCS(=O)(=O)c1ccc(Cl)cc1CNC(=O)c1ccc(CN2CCCC2CNC)c(C(F)(F)F)c1. The maximum atomic E-state index is 13.9. The lowest BCUT2D eigenvalue weighted by atomic mass is 10.0. The lowest BCUT2D eigenvalue weighted by molar-refractivity contribution is -0.138. The highest BCUT2D eigenvalue weighted by molar-refractivity contribution is 7.91. The first kappa shape index (κ1) is 27.4. The van der Waals surface area contributed by atoms with Crippen LogP contribution in [0.5, 0.6) is 0 Å². The van der Waals surface area contributed by atoms with Gasteiger partial charge in [-0.25, -0.2) is 8.42 Å². The van der Waals surface area contributed by atoms with Crippen LogP contribution in [0.2, 0.25) is 5.02 Å². The Hall–Kier alpha value is -2.14. The summed E-state index contributed by atoms with van der Waals surface area (Å²) in [6.45, 7) is 2.85. The van der Waals surface area contributed by atoms with Crippen LogP contribution in [0.1, 0.15) is 46.8 Å². The highest BCUT2D eigenvalue weighted by Gasteiger charge is 2.35. The molecule has 1 unspecified atom stereocenters. The number of hydrogen-bond acceptors (Lipinski definition) is 5. The number of likely N-dealkylation sites (tertiary alicyclic amines) is 1. The average molecular weight is 532 g/mol. The second-order valence-electron chi connectivity index (χ2n) is 8.53. The number of alkyl halides is 3. The molecule has 1 heterocycles. The topological polar surface area (TPSA) is 78.5 Å². The summed E-state index contributed by atoms with van der Waals surface area (Å²) in [6, 6.07) is 7.95. The quantitative estimate of drug-likeness (QED) is 0.505. The molecule has 2 aromatic rings. The Balaban J connectivity index is 1.82. The molecule has 1 saturated heterocycles. The van der Waals surface area contributed by atoms with Gasteiger partial charge in [-0.15, -0.1) is 0 Å². The second kappa shape index (κ2) is 11.3. The van der Waals surface area contributed by atoms with Crippen molar-refractivity contribution in [2.24, 2.45) is 0 Å². The first-order valence-electron chi connectivity index (χ1n) is 11.3. The van der Waals surface area contributed by atoms with Crippen LogP contribution in [0.15, 0.2) is 41.3 Å². The van der Waals surface area contributed by atoms with Crippen LogP contribution < -0.4 is 10.6 Å². The van der Waals surface area contributed by atoms with Crippen molar-refractivity contribution in [2.75, 3.05) is 25.9 Å². The molecule has 1 aliphatic heterocycles. The van der Waals surface area contributed by atoms with Gasteiger partial charge in [0.15, 0.2) is 9.84 Å². The van der Waals surface area contributed by atoms with E-state index in [4.69, 9.17) is 11.6 Å². The van der Waals surface area contributed by atoms with Gasteiger partial charge in [-0.05, 0) is 67.9 Å². The zero-order valence-electron chi connectivity index (χ0n) is 19.6. The van der Waals surface area contributed by atoms with Gasteiger partial charge >= 0.3 is 6.18 Å². The molecule has 11 heteroatoms. The Morgan fingerprint density at radius 2 is 1.91 bits per heavy atom. The number of hydrogen-bond donors (Lipinski definition) is 2. The van der Waals surface area contributed by atoms with E-state index >= 15 is 0 Å². The molecule has 6 nitrogen and oxygen atoms in total. The van der Waals surface area contributed by atoms with Crippen LogP contribution in [-0.4, -0.2) is 51.2 Å². The molecule has 1 atom stereocenters. The standard InChI is InChI=1S/C24H29ClF3N3O3S/c1-3-35(33,34)22-9-8-19(25)11-18(22)13-30-23(32)16-6-7-17(21(12-16)24(26,27)28)15-31-10-4-5-20(31)14-29-2/h6-9,11-12,20,29H,3-5,10,13-15H2,1-2H3,(H,30,32). The molecule has 2 N–H and O–H groups in total. The summed E-state index contributed by atoms with van der Waals surface area (Å²) < 4.78 is 66.4. The zero-order valence-corrected chi connectivity index (χ0v) is 21.2. The van der Waals surface area contributed by atoms with E-state index in [0.29, 0.717) is 13.1 Å². The lowest BCUT2D eigenvalue weighted by Gasteiger charge is -2.26. The number of sulfone groups is 1. The smallest absolute Gasteiger partial charge is 0.348 e. The van der Waals surface area contributed by atoms with Crippen molar-refractivity contribution in [3.63, 3.8) is 0 Å². The molecule has 0 saturated carbocycles. The summed E-state index contributed by atoms with van der Waals surface area (Å²) in [5, 5.41) is 5.89. The van der Waals surface area contributed by atoms with Crippen LogP contribution in [-0.2, 0) is 29.1 Å². The van der Waals surface area contributed by atoms with Crippen LogP contribution in [0, 0.1) is 0 Å². The molecule has 0 spiro atoms. The van der Waals surface area contributed by atoms with E-state index in [9.17, 15) is 26.4 Å². The molecule has 192 valence electrons. The Labute approximate surface area is 208 Å². The van der Waals surface area contributed by atoms with Gasteiger partial charge in [0.2, 0.25) is 0 Å². The molecule has 2 aromatic carbocycles. The van der Waals surface area contributed by atoms with Gasteiger partial charge < -0.3 is 10.6 Å². The van der Waals surface area contributed by atoms with Crippen molar-refractivity contribution < 1.29 is 26.4 Å². The number of likely N-dealkylation sites (N-methyl/N-ethyl adjacent to an activating group) is 1. The lowest BCUT2D eigenvalue weighted by Crippen LogP contribution is -2.36. The van der Waals surface area contributed by atoms with Gasteiger partial charge in [0.05, 0.1) is 16.2 Å². The number of halogens is 4. The van der Waals surface area contributed by atoms with Crippen molar-refractivity contribution in [1.82, 2.24) is 15.5 Å². The van der Waals surface area contributed by atoms with E-state index in [1.807, 2.05) is 11.9 Å². The summed E-state index contributed by atoms with van der Waals surface area (Å²) in [4.78, 5) is 14.8. The van der Waals surface area contributed by atoms with Gasteiger partial charge in [0.25, 0.3) is 5.91 Å². The van der Waals surface area contributed by atoms with Gasteiger partial charge in [0, 0.05) is 36.3 Å². The van der Waals surface area contributed by atoms with Crippen molar-refractivity contribution in [2.45, 2.75) is 50.0 Å². The number of carbonyl (C=O) groups excluding carboxylic acids is 1. The number of carbonyl (C=O) groups is 1. The van der Waals surface area contributed by atoms with Crippen molar-refractivity contribution >= 4 is 27.3 Å². The van der Waals surface area contributed by atoms with Crippen LogP contribution >= 0.6 is 11.6 Å². The fourth-order valence-electron chi connectivity index (χ4n) is 4.33. The highest BCUT2D eigenvalue weighted by Crippen LogP contribution is 2.34. The zero-order chi connectivity index (χ0) is 25.8. The number of nitrogens with zero attached hydrogens (tertiary/aromatic N) is 1. The maximum absolute atomic E-state index is 13.9. The Morgan fingerprint density at radius 1 is 1.17 bits per heavy atom. The Morgan fingerprint density at radius 3 is 2.57 bits per heavy atom. The van der Waals surface area contributed by atoms with Gasteiger partial charge in [-0.1, -0.05) is 24.6 Å². The fourth-order valence-corrected chi connectivity index (χ4v) is 5.64. The fraction of sp³-hybridized carbons (Fsp3) is 0.458. The van der Waals surface area contributed by atoms with E-state index in [2.05, 4.69) is 10.6 Å². The maximum Gasteiger partial charge on any atom is 0.416 e. The molecule has 1 fully saturated rings. The molecule has 0 bridgehead atoms. The molecule has 0 radical (unpaired) electrons. The van der Waals surface area contributed by atoms with E-state index in [0.717, 1.165) is 18.9 Å². The predicted octanol–water partition coefficient (Wildman–Crippen LogP) is 4.27. The largest absolute Gasteiger partial charge is 0.416 e. The van der Waals surface area contributed by atoms with Gasteiger partial charge in [-0.2, -0.15) is 13.2 Å². The van der Waals surface area contributed by atoms with Crippen LogP contribution in [0.3, 0.4) is 0 Å². The molecular formula is C24H29ClF3N3O3S. The van der Waals surface area contributed by atoms with E-state index in [1.165, 1.54) is 37.3 Å². The Kier molecular flexibility index (Phi) is 8.85. The molecule has 1 amide bonds. The number of rotatable bonds is 9. The predicted molar refractivity (Wildman–Crippen MR) is 129 cm³/mol. The van der Waals surface area contributed by atoms with Crippen LogP contribution in [0.4, 0.5) is 13.2 Å². The molecular weight excluding hydrogens is 503 g/mol. The van der Waals surface area contributed by atoms with E-state index in [1.54, 1.807) is 0 Å². The Bertz CT molecular complexity index is 1170. The summed E-state index contributed by atoms with van der Waals surface area (Å²) in [6.07, 6.45) is -2.78. The second-order valence-corrected chi connectivity index (χ2v) is 11.2. The number of nitrogens with one attached hydrogen (secondary N) is 2. The van der Waals surface area contributed by atoms with Crippen molar-refractivity contribution in [3.8, 4) is 0 Å². The average Bonchev–Trinajstić information content (AvgIpc) is 3.23. The molecule has 35 heavy (non-hydrogen) atoms. The minimum Gasteiger partial charge on any atom is -0.348 e. The number of benzene rings is 2. The third-order valence-electron chi connectivity index (χ3n) is 6.17. The van der Waals surface area contributed by atoms with Crippen LogP contribution in [0.25, 0.3) is 0 Å². The van der Waals surface area contributed by atoms with E-state index in [-0.39, 0.29) is 51.5 Å². The monoisotopic (exact) mass is 531 g/mol. The van der Waals surface area contributed by atoms with Crippen molar-refractivity contribution in [1.29, 1.82) is 0 Å². The van der Waals surface area contributed by atoms with Crippen molar-refractivity contribution in [3.05, 3.63) is 63.7 Å². The minimum absolute atomic E-state index is 0.0257. The highest BCUT2D eigenvalue weighted by atomic mass is 35.5. The summed E-state index contributed by atoms with van der Waals surface area (Å²) in [5.41, 5.74) is -0.623. The molecule has 0 aliphatic carbocycles. The molecule has 3 rings (SSSR count). The normalized spacial score (nSPS) is 17.0. The molecule has 0 aromatic heterocycles. The van der Waals surface area contributed by atoms with E-state index < -0.39 is 27.5 Å². The first-order chi connectivity index (χ1) is 16.5. The summed E-state index contributed by atoms with van der Waals surface area (Å²) >= 11 is 5.99. The molecule has 1 aliphatic rings. The first-order valence-corrected chi connectivity index (χ1v) is 13.4. The minimum atomic E-state index is -4.63. The number of amides is 1. The summed E-state index contributed by atoms with van der Waals surface area (Å²) in [5.74, 6) is -0.880. The third kappa shape index (κ3) is 6.75. The van der Waals surface area contributed by atoms with Gasteiger partial charge in [-0.3, -0.25) is 9.69 Å². The third-order valence-corrected chi connectivity index (χ3v) is 8.23. The van der Waals surface area contributed by atoms with Gasteiger partial charge in [0.1, 0.15) is 0 Å².